The number of amides is 2. The molecule has 2 aliphatic rings. The molecule has 0 bridgehead atoms. The number of aromatic nitrogens is 1. The van der Waals surface area contributed by atoms with E-state index >= 15 is 0 Å². The molecule has 23 heavy (non-hydrogen) atoms. The summed E-state index contributed by atoms with van der Waals surface area (Å²) in [6, 6.07) is 9.35. The molecular formula is C17H17N3O2S. The van der Waals surface area contributed by atoms with Crippen molar-refractivity contribution in [3.63, 3.8) is 0 Å². The molecule has 1 spiro atoms. The summed E-state index contributed by atoms with van der Waals surface area (Å²) < 4.78 is 0. The molecule has 4 rings (SSSR count). The molecule has 5 nitrogen and oxygen atoms in total. The maximum absolute atomic E-state index is 12.5. The minimum Gasteiger partial charge on any atom is -0.337 e. The van der Waals surface area contributed by atoms with E-state index in [1.165, 1.54) is 11.3 Å². The highest BCUT2D eigenvalue weighted by atomic mass is 32.1. The van der Waals surface area contributed by atoms with Gasteiger partial charge in [-0.3, -0.25) is 14.5 Å². The second kappa shape index (κ2) is 5.45. The first-order valence-electron chi connectivity index (χ1n) is 7.71. The van der Waals surface area contributed by atoms with Gasteiger partial charge in [-0.1, -0.05) is 12.1 Å². The summed E-state index contributed by atoms with van der Waals surface area (Å²) in [4.78, 5) is 33.6. The predicted octanol–water partition coefficient (Wildman–Crippen LogP) is 2.41. The number of pyridine rings is 1. The number of hydrogen-bond donors (Lipinski definition) is 0. The van der Waals surface area contributed by atoms with Gasteiger partial charge in [0.15, 0.2) is 0 Å². The van der Waals surface area contributed by atoms with Gasteiger partial charge in [0.05, 0.1) is 4.88 Å². The minimum absolute atomic E-state index is 0.0839. The first-order chi connectivity index (χ1) is 11.2. The molecule has 2 amide bonds. The second-order valence-electron chi connectivity index (χ2n) is 6.30. The van der Waals surface area contributed by atoms with Crippen LogP contribution >= 0.6 is 11.3 Å². The Hall–Kier alpha value is -2.21. The molecule has 4 heterocycles. The van der Waals surface area contributed by atoms with Crippen LogP contribution in [-0.2, 0) is 4.79 Å². The van der Waals surface area contributed by atoms with Crippen molar-refractivity contribution in [3.05, 3.63) is 46.8 Å². The van der Waals surface area contributed by atoms with Gasteiger partial charge in [0.2, 0.25) is 5.91 Å². The van der Waals surface area contributed by atoms with Crippen molar-refractivity contribution in [1.82, 2.24) is 9.88 Å². The molecule has 118 valence electrons. The highest BCUT2D eigenvalue weighted by molar-refractivity contribution is 7.12. The van der Waals surface area contributed by atoms with E-state index in [1.54, 1.807) is 11.1 Å². The molecule has 2 aliphatic heterocycles. The van der Waals surface area contributed by atoms with Crippen LogP contribution < -0.4 is 4.90 Å². The van der Waals surface area contributed by atoms with Crippen LogP contribution in [0, 0.1) is 5.41 Å². The Morgan fingerprint density at radius 2 is 2.13 bits per heavy atom. The number of anilines is 1. The van der Waals surface area contributed by atoms with E-state index in [4.69, 9.17) is 0 Å². The number of nitrogens with zero attached hydrogens (tertiary/aromatic N) is 3. The van der Waals surface area contributed by atoms with Crippen LogP contribution in [0.5, 0.6) is 0 Å². The van der Waals surface area contributed by atoms with Gasteiger partial charge >= 0.3 is 0 Å². The second-order valence-corrected chi connectivity index (χ2v) is 7.25. The third-order valence-corrected chi connectivity index (χ3v) is 5.56. The number of hydrogen-bond acceptors (Lipinski definition) is 4. The van der Waals surface area contributed by atoms with Gasteiger partial charge in [0.25, 0.3) is 5.91 Å². The zero-order valence-electron chi connectivity index (χ0n) is 12.6. The van der Waals surface area contributed by atoms with Gasteiger partial charge < -0.3 is 4.90 Å². The number of carbonyl (C=O) groups is 2. The Morgan fingerprint density at radius 1 is 1.22 bits per heavy atom. The first-order valence-corrected chi connectivity index (χ1v) is 8.59. The number of carbonyl (C=O) groups excluding carboxylic acids is 2. The molecule has 1 unspecified atom stereocenters. The maximum Gasteiger partial charge on any atom is 0.263 e. The van der Waals surface area contributed by atoms with E-state index in [2.05, 4.69) is 4.98 Å². The molecule has 0 radical (unpaired) electrons. The average Bonchev–Trinajstić information content (AvgIpc) is 3.29. The van der Waals surface area contributed by atoms with Crippen LogP contribution in [0.4, 0.5) is 5.82 Å². The highest BCUT2D eigenvalue weighted by Gasteiger charge is 2.49. The third kappa shape index (κ3) is 2.53. The minimum atomic E-state index is -0.123. The Kier molecular flexibility index (Phi) is 3.41. The lowest BCUT2D eigenvalue weighted by Gasteiger charge is -2.23. The van der Waals surface area contributed by atoms with E-state index in [1.807, 2.05) is 40.6 Å². The number of likely N-dealkylation sites (tertiary alicyclic amines) is 1. The Labute approximate surface area is 138 Å². The van der Waals surface area contributed by atoms with Crippen LogP contribution in [0.2, 0.25) is 0 Å². The lowest BCUT2D eigenvalue weighted by atomic mass is 9.86. The Morgan fingerprint density at radius 3 is 2.87 bits per heavy atom. The van der Waals surface area contributed by atoms with Crippen molar-refractivity contribution in [3.8, 4) is 0 Å². The fraction of sp³-hybridized carbons (Fsp3) is 0.353. The molecule has 0 aromatic carbocycles. The summed E-state index contributed by atoms with van der Waals surface area (Å²) in [5.74, 6) is 0.896. The zero-order valence-corrected chi connectivity index (χ0v) is 13.5. The standard InChI is InChI=1S/C17H17N3O2S/c21-15-10-17(12-20(15)14-5-1-2-7-18-14)6-8-19(11-17)16(22)13-4-3-9-23-13/h1-5,7,9H,6,8,10-12H2. The molecule has 0 saturated carbocycles. The van der Waals surface area contributed by atoms with E-state index < -0.39 is 0 Å². The summed E-state index contributed by atoms with van der Waals surface area (Å²) in [6.07, 6.45) is 3.08. The topological polar surface area (TPSA) is 53.5 Å². The van der Waals surface area contributed by atoms with E-state index in [0.29, 0.717) is 25.3 Å². The number of rotatable bonds is 2. The van der Waals surface area contributed by atoms with E-state index in [9.17, 15) is 9.59 Å². The van der Waals surface area contributed by atoms with Gasteiger partial charge in [-0.15, -0.1) is 11.3 Å². The normalized spacial score (nSPS) is 23.9. The summed E-state index contributed by atoms with van der Waals surface area (Å²) in [5.41, 5.74) is -0.123. The SMILES string of the molecule is O=C(c1cccs1)N1CCC2(CC(=O)N(c3ccccn3)C2)C1. The van der Waals surface area contributed by atoms with Gasteiger partial charge in [-0.05, 0) is 30.0 Å². The van der Waals surface area contributed by atoms with Crippen molar-refractivity contribution in [2.24, 2.45) is 5.41 Å². The van der Waals surface area contributed by atoms with E-state index in [0.717, 1.165) is 17.8 Å². The Balaban J connectivity index is 1.51. The zero-order chi connectivity index (χ0) is 15.9. The molecule has 2 aromatic heterocycles. The van der Waals surface area contributed by atoms with Gasteiger partial charge in [0.1, 0.15) is 5.82 Å². The molecule has 2 aromatic rings. The van der Waals surface area contributed by atoms with Crippen molar-refractivity contribution in [2.75, 3.05) is 24.5 Å². The fourth-order valence-corrected chi connectivity index (χ4v) is 4.25. The predicted molar refractivity (Wildman–Crippen MR) is 88.5 cm³/mol. The summed E-state index contributed by atoms with van der Waals surface area (Å²) in [7, 11) is 0. The summed E-state index contributed by atoms with van der Waals surface area (Å²) in [5, 5.41) is 1.92. The molecule has 0 N–H and O–H groups in total. The van der Waals surface area contributed by atoms with Crippen molar-refractivity contribution >= 4 is 29.0 Å². The molecule has 0 aliphatic carbocycles. The summed E-state index contributed by atoms with van der Waals surface area (Å²) >= 11 is 1.47. The van der Waals surface area contributed by atoms with E-state index in [-0.39, 0.29) is 17.2 Å². The monoisotopic (exact) mass is 327 g/mol. The quantitative estimate of drug-likeness (QED) is 0.851. The van der Waals surface area contributed by atoms with Crippen LogP contribution in [0.1, 0.15) is 22.5 Å². The van der Waals surface area contributed by atoms with Gasteiger partial charge in [-0.2, -0.15) is 0 Å². The molecular weight excluding hydrogens is 310 g/mol. The van der Waals surface area contributed by atoms with Crippen LogP contribution in [0.25, 0.3) is 0 Å². The molecule has 1 atom stereocenters. The lowest BCUT2D eigenvalue weighted by Crippen LogP contribution is -2.34. The maximum atomic E-state index is 12.5. The molecule has 6 heteroatoms. The number of thiophene rings is 1. The van der Waals surface area contributed by atoms with Crippen LogP contribution in [0.3, 0.4) is 0 Å². The van der Waals surface area contributed by atoms with Crippen LogP contribution in [0.15, 0.2) is 41.9 Å². The first kappa shape index (κ1) is 14.4. The van der Waals surface area contributed by atoms with Gasteiger partial charge in [0, 0.05) is 37.7 Å². The largest absolute Gasteiger partial charge is 0.337 e. The molecule has 2 fully saturated rings. The molecule has 2 saturated heterocycles. The lowest BCUT2D eigenvalue weighted by molar-refractivity contribution is -0.117. The highest BCUT2D eigenvalue weighted by Crippen LogP contribution is 2.41. The smallest absolute Gasteiger partial charge is 0.263 e. The average molecular weight is 327 g/mol. The van der Waals surface area contributed by atoms with Crippen LogP contribution in [-0.4, -0.2) is 41.3 Å². The fourth-order valence-electron chi connectivity index (χ4n) is 3.56. The van der Waals surface area contributed by atoms with Crippen molar-refractivity contribution in [1.29, 1.82) is 0 Å². The van der Waals surface area contributed by atoms with Gasteiger partial charge in [-0.25, -0.2) is 4.98 Å². The van der Waals surface area contributed by atoms with Crippen molar-refractivity contribution in [2.45, 2.75) is 12.8 Å². The summed E-state index contributed by atoms with van der Waals surface area (Å²) in [6.45, 7) is 2.02. The Bertz CT molecular complexity index is 732. The third-order valence-electron chi connectivity index (χ3n) is 4.70. The van der Waals surface area contributed by atoms with Crippen molar-refractivity contribution < 1.29 is 9.59 Å².